The third-order valence-corrected chi connectivity index (χ3v) is 6.34. The van der Waals surface area contributed by atoms with Crippen LogP contribution in [0.2, 0.25) is 0 Å². The van der Waals surface area contributed by atoms with Gasteiger partial charge in [-0.05, 0) is 50.1 Å². The summed E-state index contributed by atoms with van der Waals surface area (Å²) in [5.41, 5.74) is 1.33. The van der Waals surface area contributed by atoms with E-state index in [1.54, 1.807) is 12.3 Å². The van der Waals surface area contributed by atoms with Crippen LogP contribution in [0.4, 0.5) is 0 Å². The first kappa shape index (κ1) is 18.4. The van der Waals surface area contributed by atoms with Gasteiger partial charge in [0.1, 0.15) is 5.75 Å². The van der Waals surface area contributed by atoms with Crippen molar-refractivity contribution in [3.8, 4) is 11.8 Å². The number of hydrogen-bond acceptors (Lipinski definition) is 5. The van der Waals surface area contributed by atoms with Crippen molar-refractivity contribution in [2.75, 3.05) is 19.7 Å². The van der Waals surface area contributed by atoms with Crippen molar-refractivity contribution in [2.45, 2.75) is 24.7 Å². The van der Waals surface area contributed by atoms with Crippen LogP contribution in [0.1, 0.15) is 24.1 Å². The van der Waals surface area contributed by atoms with E-state index in [0.717, 1.165) is 24.3 Å². The lowest BCUT2D eigenvalue weighted by Gasteiger charge is -2.31. The summed E-state index contributed by atoms with van der Waals surface area (Å²) in [5.74, 6) is 0.898. The first-order valence-electron chi connectivity index (χ1n) is 8.55. The minimum absolute atomic E-state index is 0.144. The molecule has 0 bridgehead atoms. The maximum absolute atomic E-state index is 12.8. The maximum Gasteiger partial charge on any atom is 0.243 e. The standard InChI is InChI=1S/C19H21N3O3S/c1-15-11-18(8-9-21-15)25-14-17-3-2-10-22(13-17)26(23,24)19-6-4-16(12-20)5-7-19/h4-9,11,17H,2-3,10,13-14H2,1H3. The molecule has 0 radical (unpaired) electrons. The summed E-state index contributed by atoms with van der Waals surface area (Å²) in [7, 11) is -3.55. The van der Waals surface area contributed by atoms with E-state index in [1.807, 2.05) is 19.1 Å². The molecule has 0 N–H and O–H groups in total. The molecule has 6 nitrogen and oxygen atoms in total. The molecule has 0 saturated carbocycles. The van der Waals surface area contributed by atoms with Gasteiger partial charge in [0, 0.05) is 37.0 Å². The number of sulfonamides is 1. The molecule has 2 heterocycles. The Hall–Kier alpha value is -2.43. The third-order valence-electron chi connectivity index (χ3n) is 4.46. The third kappa shape index (κ3) is 4.21. The van der Waals surface area contributed by atoms with Crippen molar-refractivity contribution < 1.29 is 13.2 Å². The number of aromatic nitrogens is 1. The SMILES string of the molecule is Cc1cc(OCC2CCCN(S(=O)(=O)c3ccc(C#N)cc3)C2)ccn1. The van der Waals surface area contributed by atoms with E-state index in [9.17, 15) is 8.42 Å². The predicted octanol–water partition coefficient (Wildman–Crippen LogP) is 2.74. The molecular weight excluding hydrogens is 350 g/mol. The first-order valence-corrected chi connectivity index (χ1v) is 9.99. The van der Waals surface area contributed by atoms with E-state index in [-0.39, 0.29) is 10.8 Å². The van der Waals surface area contributed by atoms with Crippen LogP contribution in [0.25, 0.3) is 0 Å². The summed E-state index contributed by atoms with van der Waals surface area (Å²) in [5, 5.41) is 8.86. The maximum atomic E-state index is 12.8. The topological polar surface area (TPSA) is 83.3 Å². The molecule has 1 saturated heterocycles. The lowest BCUT2D eigenvalue weighted by atomic mass is 10.0. The summed E-state index contributed by atoms with van der Waals surface area (Å²) < 4.78 is 33.0. The number of rotatable bonds is 5. The number of nitriles is 1. The molecule has 1 aliphatic heterocycles. The first-order chi connectivity index (χ1) is 12.5. The van der Waals surface area contributed by atoms with Gasteiger partial charge in [-0.2, -0.15) is 9.57 Å². The zero-order chi connectivity index (χ0) is 18.6. The van der Waals surface area contributed by atoms with Gasteiger partial charge in [-0.1, -0.05) is 0 Å². The van der Waals surface area contributed by atoms with Gasteiger partial charge in [0.25, 0.3) is 0 Å². The van der Waals surface area contributed by atoms with Crippen molar-refractivity contribution in [1.82, 2.24) is 9.29 Å². The highest BCUT2D eigenvalue weighted by Gasteiger charge is 2.30. The minimum Gasteiger partial charge on any atom is -0.493 e. The second-order valence-corrected chi connectivity index (χ2v) is 8.39. The van der Waals surface area contributed by atoms with Gasteiger partial charge in [-0.3, -0.25) is 4.98 Å². The lowest BCUT2D eigenvalue weighted by Crippen LogP contribution is -2.41. The van der Waals surface area contributed by atoms with Crippen LogP contribution < -0.4 is 4.74 Å². The quantitative estimate of drug-likeness (QED) is 0.807. The van der Waals surface area contributed by atoms with Crippen molar-refractivity contribution in [2.24, 2.45) is 5.92 Å². The average molecular weight is 371 g/mol. The zero-order valence-electron chi connectivity index (χ0n) is 14.6. The molecular formula is C19H21N3O3S. The Morgan fingerprint density at radius 1 is 1.31 bits per heavy atom. The largest absolute Gasteiger partial charge is 0.493 e. The molecule has 2 aromatic rings. The van der Waals surface area contributed by atoms with Crippen molar-refractivity contribution in [1.29, 1.82) is 5.26 Å². The fraction of sp³-hybridized carbons (Fsp3) is 0.368. The van der Waals surface area contributed by atoms with Crippen LogP contribution in [0, 0.1) is 24.2 Å². The van der Waals surface area contributed by atoms with E-state index >= 15 is 0 Å². The summed E-state index contributed by atoms with van der Waals surface area (Å²) in [6.45, 7) is 3.32. The molecule has 1 aliphatic rings. The molecule has 1 aromatic heterocycles. The van der Waals surface area contributed by atoms with E-state index in [1.165, 1.54) is 28.6 Å². The van der Waals surface area contributed by atoms with Gasteiger partial charge < -0.3 is 4.74 Å². The molecule has 3 rings (SSSR count). The van der Waals surface area contributed by atoms with Crippen molar-refractivity contribution >= 4 is 10.0 Å². The monoisotopic (exact) mass is 371 g/mol. The Kier molecular flexibility index (Phi) is 5.55. The highest BCUT2D eigenvalue weighted by atomic mass is 32.2. The Bertz CT molecular complexity index is 904. The number of aryl methyl sites for hydroxylation is 1. The molecule has 1 unspecified atom stereocenters. The molecule has 0 aliphatic carbocycles. The Balaban J connectivity index is 1.66. The number of piperidine rings is 1. The minimum atomic E-state index is -3.55. The molecule has 0 amide bonds. The Labute approximate surface area is 154 Å². The zero-order valence-corrected chi connectivity index (χ0v) is 15.4. The molecule has 1 fully saturated rings. The Morgan fingerprint density at radius 3 is 2.77 bits per heavy atom. The van der Waals surface area contributed by atoms with Gasteiger partial charge in [-0.15, -0.1) is 0 Å². The number of ether oxygens (including phenoxy) is 1. The number of hydrogen-bond donors (Lipinski definition) is 0. The van der Waals surface area contributed by atoms with Gasteiger partial charge in [-0.25, -0.2) is 8.42 Å². The highest BCUT2D eigenvalue weighted by molar-refractivity contribution is 7.89. The van der Waals surface area contributed by atoms with Crippen molar-refractivity contribution in [3.05, 3.63) is 53.9 Å². The highest BCUT2D eigenvalue weighted by Crippen LogP contribution is 2.25. The predicted molar refractivity (Wildman–Crippen MR) is 97.1 cm³/mol. The van der Waals surface area contributed by atoms with E-state index in [4.69, 9.17) is 10.00 Å². The summed E-state index contributed by atoms with van der Waals surface area (Å²) >= 11 is 0. The number of nitrogens with zero attached hydrogens (tertiary/aromatic N) is 3. The number of pyridine rings is 1. The average Bonchev–Trinajstić information content (AvgIpc) is 2.67. The van der Waals surface area contributed by atoms with E-state index in [2.05, 4.69) is 4.98 Å². The molecule has 0 spiro atoms. The second-order valence-electron chi connectivity index (χ2n) is 6.45. The number of benzene rings is 1. The lowest BCUT2D eigenvalue weighted by molar-refractivity contribution is 0.180. The molecule has 1 aromatic carbocycles. The molecule has 136 valence electrons. The second kappa shape index (κ2) is 7.85. The Morgan fingerprint density at radius 2 is 2.08 bits per heavy atom. The summed E-state index contributed by atoms with van der Waals surface area (Å²) in [6.07, 6.45) is 3.44. The van der Waals surface area contributed by atoms with Crippen LogP contribution in [-0.4, -0.2) is 37.4 Å². The van der Waals surface area contributed by atoms with Gasteiger partial charge >= 0.3 is 0 Å². The van der Waals surface area contributed by atoms with Crippen LogP contribution in [-0.2, 0) is 10.0 Å². The summed E-state index contributed by atoms with van der Waals surface area (Å²) in [4.78, 5) is 4.36. The van der Waals surface area contributed by atoms with Crippen molar-refractivity contribution in [3.63, 3.8) is 0 Å². The van der Waals surface area contributed by atoms with Crippen LogP contribution in [0.3, 0.4) is 0 Å². The van der Waals surface area contributed by atoms with Crippen LogP contribution in [0.15, 0.2) is 47.5 Å². The van der Waals surface area contributed by atoms with Gasteiger partial charge in [0.05, 0.1) is 23.1 Å². The van der Waals surface area contributed by atoms with Gasteiger partial charge in [0.15, 0.2) is 0 Å². The van der Waals surface area contributed by atoms with Crippen LogP contribution in [0.5, 0.6) is 5.75 Å². The van der Waals surface area contributed by atoms with Gasteiger partial charge in [0.2, 0.25) is 10.0 Å². The fourth-order valence-corrected chi connectivity index (χ4v) is 4.61. The molecule has 1 atom stereocenters. The van der Waals surface area contributed by atoms with E-state index < -0.39 is 10.0 Å². The fourth-order valence-electron chi connectivity index (χ4n) is 3.06. The summed E-state index contributed by atoms with van der Waals surface area (Å²) in [6, 6.07) is 11.7. The smallest absolute Gasteiger partial charge is 0.243 e. The normalized spacial score (nSPS) is 18.2. The molecule has 7 heteroatoms. The molecule has 26 heavy (non-hydrogen) atoms. The van der Waals surface area contributed by atoms with Crippen LogP contribution >= 0.6 is 0 Å². The van der Waals surface area contributed by atoms with E-state index in [0.29, 0.717) is 25.3 Å².